The fourth-order valence-electron chi connectivity index (χ4n) is 0. The van der Waals surface area contributed by atoms with Crippen LogP contribution in [0.4, 0.5) is 0 Å². The van der Waals surface area contributed by atoms with Gasteiger partial charge in [-0.05, 0) is 0 Å². The van der Waals surface area contributed by atoms with Crippen molar-refractivity contribution in [3.63, 3.8) is 0 Å². The molecule has 2 heteroatoms. The van der Waals surface area contributed by atoms with E-state index >= 15 is 0 Å². The molecule has 0 atom stereocenters. The third-order valence-electron chi connectivity index (χ3n) is 0. The summed E-state index contributed by atoms with van der Waals surface area (Å²) in [6, 6.07) is 0. The first kappa shape index (κ1) is 9.66. The van der Waals surface area contributed by atoms with Gasteiger partial charge in [-0.3, -0.25) is 0 Å². The minimum absolute atomic E-state index is 1.08. The zero-order chi connectivity index (χ0) is 5.41. The lowest BCUT2D eigenvalue weighted by Crippen LogP contribution is -1.53. The van der Waals surface area contributed by atoms with E-state index in [0.717, 1.165) is 19.0 Å². The van der Waals surface area contributed by atoms with Gasteiger partial charge in [-0.15, -0.1) is 0 Å². The first-order valence-corrected chi connectivity index (χ1v) is 6.00. The van der Waals surface area contributed by atoms with Gasteiger partial charge in [0.1, 0.15) is 0 Å². The summed E-state index contributed by atoms with van der Waals surface area (Å²) < 4.78 is 0. The first-order valence-electron chi connectivity index (χ1n) is 2.00. The molecule has 0 N–H and O–H groups in total. The Bertz CT molecular complexity index is 7.51. The van der Waals surface area contributed by atoms with Crippen LogP contribution in [-0.4, -0.2) is 19.0 Å². The summed E-state index contributed by atoms with van der Waals surface area (Å²) >= 11 is 0. The van der Waals surface area contributed by atoms with Gasteiger partial charge >= 0.3 is 0 Å². The molecule has 0 aromatic heterocycles. The van der Waals surface area contributed by atoms with E-state index in [2.05, 4.69) is 26.2 Å². The normalized spacial score (nSPS) is 6.00. The highest BCUT2D eigenvalue weighted by molar-refractivity contribution is 6.31. The van der Waals surface area contributed by atoms with Gasteiger partial charge in [-0.25, -0.2) is 0 Å². The molecule has 0 saturated heterocycles. The molecule has 6 heavy (non-hydrogen) atoms. The maximum atomic E-state index is 2.15. The van der Waals surface area contributed by atoms with E-state index < -0.39 is 0 Å². The van der Waals surface area contributed by atoms with Gasteiger partial charge in [0.15, 0.2) is 0 Å². The van der Waals surface area contributed by atoms with E-state index in [-0.39, 0.29) is 0 Å². The monoisotopic (exact) mass is 116 g/mol. The number of hydrogen-bond acceptors (Lipinski definition) is 0. The third-order valence-corrected chi connectivity index (χ3v) is 0. The predicted octanol–water partition coefficient (Wildman–Crippen LogP) is 1.57. The molecular weight excluding hydrogens is 104 g/mol. The second-order valence-corrected chi connectivity index (χ2v) is 3.00. The lowest BCUT2D eigenvalue weighted by Gasteiger charge is -1.44. The molecule has 0 heterocycles. The van der Waals surface area contributed by atoms with E-state index in [1.807, 2.05) is 0 Å². The van der Waals surface area contributed by atoms with E-state index in [1.165, 1.54) is 0 Å². The van der Waals surface area contributed by atoms with E-state index in [0.29, 0.717) is 0 Å². The molecule has 0 aliphatic carbocycles. The Morgan fingerprint density at radius 3 is 0.667 bits per heavy atom. The van der Waals surface area contributed by atoms with Crippen molar-refractivity contribution in [1.82, 2.24) is 0 Å². The summed E-state index contributed by atoms with van der Waals surface area (Å²) in [6.45, 7) is 8.61. The number of hydrogen-bond donors (Lipinski definition) is 0. The van der Waals surface area contributed by atoms with Crippen molar-refractivity contribution in [3.8, 4) is 0 Å². The Labute approximate surface area is 46.0 Å². The van der Waals surface area contributed by atoms with Gasteiger partial charge in [-0.2, -0.15) is 0 Å². The summed E-state index contributed by atoms with van der Waals surface area (Å²) in [5, 5.41) is 0. The standard InChI is InChI=1S/2C2H6Si/c2*1-3-2/h2*1-2H3. The molecule has 36 valence electrons. The van der Waals surface area contributed by atoms with Crippen LogP contribution in [-0.2, 0) is 0 Å². The summed E-state index contributed by atoms with van der Waals surface area (Å²) in [5.74, 6) is 0. The van der Waals surface area contributed by atoms with Gasteiger partial charge in [-0.1, -0.05) is 26.2 Å². The van der Waals surface area contributed by atoms with Gasteiger partial charge in [0.05, 0.1) is 0 Å². The molecule has 0 bridgehead atoms. The van der Waals surface area contributed by atoms with Crippen molar-refractivity contribution in [2.45, 2.75) is 26.2 Å². The van der Waals surface area contributed by atoms with E-state index in [9.17, 15) is 0 Å². The van der Waals surface area contributed by atoms with Crippen molar-refractivity contribution >= 4 is 19.0 Å². The molecule has 0 aliphatic rings. The van der Waals surface area contributed by atoms with Crippen LogP contribution in [0.25, 0.3) is 0 Å². The molecule has 0 spiro atoms. The molecule has 0 rings (SSSR count). The van der Waals surface area contributed by atoms with Crippen molar-refractivity contribution in [1.29, 1.82) is 0 Å². The van der Waals surface area contributed by atoms with Crippen molar-refractivity contribution in [2.24, 2.45) is 0 Å². The van der Waals surface area contributed by atoms with Crippen LogP contribution >= 0.6 is 0 Å². The van der Waals surface area contributed by atoms with Crippen molar-refractivity contribution in [2.75, 3.05) is 0 Å². The minimum atomic E-state index is 1.08. The second-order valence-electron chi connectivity index (χ2n) is 1.00. The Hall–Kier alpha value is 0.434. The smallest absolute Gasteiger partial charge is 0.0307 e. The van der Waals surface area contributed by atoms with Crippen molar-refractivity contribution in [3.05, 3.63) is 0 Å². The quantitative estimate of drug-likeness (QED) is 0.421. The maximum Gasteiger partial charge on any atom is 0.0307 e. The zero-order valence-corrected chi connectivity index (χ0v) is 7.00. The molecule has 0 amide bonds. The largest absolute Gasteiger partial charge is 0.0735 e. The van der Waals surface area contributed by atoms with Gasteiger partial charge in [0.25, 0.3) is 0 Å². The fraction of sp³-hybridized carbons (Fsp3) is 1.00. The highest BCUT2D eigenvalue weighted by Crippen LogP contribution is 1.37. The molecule has 4 radical (unpaired) electrons. The summed E-state index contributed by atoms with van der Waals surface area (Å²) in [5.41, 5.74) is 0. The summed E-state index contributed by atoms with van der Waals surface area (Å²) in [6.07, 6.45) is 0. The highest BCUT2D eigenvalue weighted by Gasteiger charge is 1.40. The lowest BCUT2D eigenvalue weighted by atomic mass is 11.9. The lowest BCUT2D eigenvalue weighted by molar-refractivity contribution is 2.14. The van der Waals surface area contributed by atoms with Crippen LogP contribution in [0.2, 0.25) is 26.2 Å². The predicted molar refractivity (Wildman–Crippen MR) is 35.0 cm³/mol. The molecule has 0 aromatic carbocycles. The van der Waals surface area contributed by atoms with Crippen LogP contribution < -0.4 is 0 Å². The van der Waals surface area contributed by atoms with Crippen LogP contribution in [0, 0.1) is 0 Å². The molecule has 0 aliphatic heterocycles. The minimum Gasteiger partial charge on any atom is -0.0735 e. The average molecular weight is 116 g/mol. The summed E-state index contributed by atoms with van der Waals surface area (Å²) in [7, 11) is 2.17. The molecule has 0 aromatic rings. The molecule has 0 unspecified atom stereocenters. The second kappa shape index (κ2) is 18.0. The highest BCUT2D eigenvalue weighted by atomic mass is 28.2. The Balaban J connectivity index is 0. The molecule has 0 nitrogen and oxygen atoms in total. The van der Waals surface area contributed by atoms with Crippen LogP contribution in [0.5, 0.6) is 0 Å². The van der Waals surface area contributed by atoms with E-state index in [4.69, 9.17) is 0 Å². The van der Waals surface area contributed by atoms with Crippen LogP contribution in [0.3, 0.4) is 0 Å². The van der Waals surface area contributed by atoms with Gasteiger partial charge < -0.3 is 0 Å². The van der Waals surface area contributed by atoms with Crippen molar-refractivity contribution < 1.29 is 0 Å². The Morgan fingerprint density at radius 1 is 0.667 bits per heavy atom. The molecular formula is C4H12Si2. The van der Waals surface area contributed by atoms with Gasteiger partial charge in [0, 0.05) is 19.0 Å². The van der Waals surface area contributed by atoms with Gasteiger partial charge in [0.2, 0.25) is 0 Å². The average Bonchev–Trinajstić information content (AvgIpc) is 1.39. The third kappa shape index (κ3) is 278. The molecule has 0 saturated carbocycles. The van der Waals surface area contributed by atoms with E-state index in [1.54, 1.807) is 0 Å². The zero-order valence-electron chi connectivity index (χ0n) is 5.00. The summed E-state index contributed by atoms with van der Waals surface area (Å²) in [4.78, 5) is 0. The number of rotatable bonds is 0. The van der Waals surface area contributed by atoms with Crippen LogP contribution in [0.1, 0.15) is 0 Å². The first-order chi connectivity index (χ1) is 2.83. The Kier molecular flexibility index (Phi) is 29.0. The topological polar surface area (TPSA) is 0 Å². The Morgan fingerprint density at radius 2 is 0.667 bits per heavy atom. The SMILES string of the molecule is C[Si]C.C[Si]C. The maximum absolute atomic E-state index is 2.15. The van der Waals surface area contributed by atoms with Crippen LogP contribution in [0.15, 0.2) is 0 Å². The molecule has 0 fully saturated rings. The fourth-order valence-corrected chi connectivity index (χ4v) is 0.